The van der Waals surface area contributed by atoms with Gasteiger partial charge in [-0.1, -0.05) is 30.3 Å². The van der Waals surface area contributed by atoms with Gasteiger partial charge in [-0.2, -0.15) is 10.1 Å². The molecule has 1 atom stereocenters. The summed E-state index contributed by atoms with van der Waals surface area (Å²) in [5.74, 6) is -0.165. The molecule has 1 aliphatic heterocycles. The third-order valence-corrected chi connectivity index (χ3v) is 3.11. The number of amides is 2. The van der Waals surface area contributed by atoms with Gasteiger partial charge in [-0.05, 0) is 5.56 Å². The topological polar surface area (TPSA) is 88.9 Å². The summed E-state index contributed by atoms with van der Waals surface area (Å²) in [6.07, 6.45) is 1.38. The van der Waals surface area contributed by atoms with Gasteiger partial charge in [0.05, 0.1) is 6.42 Å². The van der Waals surface area contributed by atoms with Crippen molar-refractivity contribution in [3.05, 3.63) is 42.2 Å². The Morgan fingerprint density at radius 1 is 1.40 bits per heavy atom. The molecule has 1 aromatic carbocycles. The Morgan fingerprint density at radius 3 is 3.00 bits per heavy atom. The molecule has 7 heteroatoms. The zero-order valence-electron chi connectivity index (χ0n) is 10.6. The second kappa shape index (κ2) is 5.12. The number of rotatable bonds is 3. The fourth-order valence-electron chi connectivity index (χ4n) is 2.11. The molecule has 0 bridgehead atoms. The summed E-state index contributed by atoms with van der Waals surface area (Å²) in [4.78, 5) is 27.6. The number of fused-ring (bicyclic) bond motifs is 1. The molecule has 0 saturated heterocycles. The zero-order valence-corrected chi connectivity index (χ0v) is 10.6. The lowest BCUT2D eigenvalue weighted by molar-refractivity contribution is -0.129. The van der Waals surface area contributed by atoms with Crippen molar-refractivity contribution in [1.29, 1.82) is 0 Å². The molecular formula is C13H13N5O2. The Hall–Kier alpha value is -2.70. The summed E-state index contributed by atoms with van der Waals surface area (Å²) < 4.78 is 1.43. The molecule has 3 rings (SSSR count). The molecular weight excluding hydrogens is 258 g/mol. The average molecular weight is 271 g/mol. The highest BCUT2D eigenvalue weighted by molar-refractivity contribution is 5.95. The van der Waals surface area contributed by atoms with Gasteiger partial charge in [0.1, 0.15) is 12.4 Å². The maximum absolute atomic E-state index is 12.2. The van der Waals surface area contributed by atoms with Crippen LogP contribution in [-0.4, -0.2) is 26.6 Å². The van der Waals surface area contributed by atoms with E-state index in [-0.39, 0.29) is 18.2 Å². The second-order valence-electron chi connectivity index (χ2n) is 4.50. The fourth-order valence-corrected chi connectivity index (χ4v) is 2.11. The van der Waals surface area contributed by atoms with E-state index in [0.29, 0.717) is 12.5 Å². The summed E-state index contributed by atoms with van der Waals surface area (Å²) >= 11 is 0. The second-order valence-corrected chi connectivity index (χ2v) is 4.50. The summed E-state index contributed by atoms with van der Waals surface area (Å²) in [6.45, 7) is 0.418. The molecule has 20 heavy (non-hydrogen) atoms. The molecule has 1 aromatic heterocycles. The summed E-state index contributed by atoms with van der Waals surface area (Å²) in [7, 11) is 0. The van der Waals surface area contributed by atoms with Crippen molar-refractivity contribution in [2.45, 2.75) is 19.0 Å². The number of anilines is 1. The molecule has 0 radical (unpaired) electrons. The lowest BCUT2D eigenvalue weighted by atomic mass is 10.1. The standard InChI is InChI=1S/C13H13N5O2/c19-11-6-10(18-13(17-11)15-8-16-18)12(20)14-7-9-4-2-1-3-5-9/h1-5,8,10H,6-7H2,(H,14,20)(H,15,16,17,19)/t10-/m0/s1. The molecule has 2 amide bonds. The number of benzene rings is 1. The smallest absolute Gasteiger partial charge is 0.245 e. The van der Waals surface area contributed by atoms with Crippen LogP contribution in [0.1, 0.15) is 18.0 Å². The van der Waals surface area contributed by atoms with Crippen LogP contribution in [0.3, 0.4) is 0 Å². The van der Waals surface area contributed by atoms with Gasteiger partial charge in [0.25, 0.3) is 0 Å². The van der Waals surface area contributed by atoms with Crippen molar-refractivity contribution in [3.8, 4) is 0 Å². The molecule has 0 unspecified atom stereocenters. The van der Waals surface area contributed by atoms with Gasteiger partial charge in [-0.25, -0.2) is 4.68 Å². The molecule has 0 saturated carbocycles. The van der Waals surface area contributed by atoms with Crippen LogP contribution in [0.4, 0.5) is 5.95 Å². The molecule has 0 aliphatic carbocycles. The van der Waals surface area contributed by atoms with Gasteiger partial charge in [-0.3, -0.25) is 14.9 Å². The van der Waals surface area contributed by atoms with Gasteiger partial charge >= 0.3 is 0 Å². The third-order valence-electron chi connectivity index (χ3n) is 3.11. The Kier molecular flexibility index (Phi) is 3.16. The van der Waals surface area contributed by atoms with Gasteiger partial charge in [0, 0.05) is 6.54 Å². The van der Waals surface area contributed by atoms with Crippen molar-refractivity contribution < 1.29 is 9.59 Å². The lowest BCUT2D eigenvalue weighted by Gasteiger charge is -2.22. The van der Waals surface area contributed by atoms with E-state index >= 15 is 0 Å². The fraction of sp³-hybridized carbons (Fsp3) is 0.231. The van der Waals surface area contributed by atoms with Crippen molar-refractivity contribution in [2.24, 2.45) is 0 Å². The number of hydrogen-bond donors (Lipinski definition) is 2. The number of aromatic nitrogens is 3. The first-order valence-electron chi connectivity index (χ1n) is 6.25. The average Bonchev–Trinajstić information content (AvgIpc) is 2.93. The van der Waals surface area contributed by atoms with E-state index in [0.717, 1.165) is 5.56 Å². The lowest BCUT2D eigenvalue weighted by Crippen LogP contribution is -2.39. The Balaban J connectivity index is 1.71. The molecule has 7 nitrogen and oxygen atoms in total. The van der Waals surface area contributed by atoms with Gasteiger partial charge in [-0.15, -0.1) is 0 Å². The first-order valence-corrected chi connectivity index (χ1v) is 6.25. The van der Waals surface area contributed by atoms with Crippen LogP contribution in [0.5, 0.6) is 0 Å². The summed E-state index contributed by atoms with van der Waals surface area (Å²) in [5.41, 5.74) is 1.000. The van der Waals surface area contributed by atoms with Gasteiger partial charge < -0.3 is 5.32 Å². The number of nitrogens with zero attached hydrogens (tertiary/aromatic N) is 3. The van der Waals surface area contributed by atoms with Crippen LogP contribution in [0.2, 0.25) is 0 Å². The highest BCUT2D eigenvalue weighted by Crippen LogP contribution is 2.21. The van der Waals surface area contributed by atoms with Crippen LogP contribution < -0.4 is 10.6 Å². The van der Waals surface area contributed by atoms with Gasteiger partial charge in [0.2, 0.25) is 17.8 Å². The predicted molar refractivity (Wildman–Crippen MR) is 70.6 cm³/mol. The third kappa shape index (κ3) is 2.37. The molecule has 102 valence electrons. The minimum absolute atomic E-state index is 0.0665. The van der Waals surface area contributed by atoms with E-state index < -0.39 is 6.04 Å². The highest BCUT2D eigenvalue weighted by atomic mass is 16.2. The van der Waals surface area contributed by atoms with Crippen LogP contribution in [-0.2, 0) is 16.1 Å². The van der Waals surface area contributed by atoms with Crippen LogP contribution in [0.15, 0.2) is 36.7 Å². The van der Waals surface area contributed by atoms with E-state index in [1.807, 2.05) is 30.3 Å². The molecule has 2 heterocycles. The molecule has 1 aliphatic rings. The minimum Gasteiger partial charge on any atom is -0.350 e. The zero-order chi connectivity index (χ0) is 13.9. The summed E-state index contributed by atoms with van der Waals surface area (Å²) in [5, 5.41) is 9.36. The van der Waals surface area contributed by atoms with Crippen molar-refractivity contribution in [2.75, 3.05) is 5.32 Å². The molecule has 2 N–H and O–H groups in total. The van der Waals surface area contributed by atoms with E-state index in [1.165, 1.54) is 11.0 Å². The minimum atomic E-state index is -0.648. The quantitative estimate of drug-likeness (QED) is 0.849. The van der Waals surface area contributed by atoms with Crippen molar-refractivity contribution >= 4 is 17.8 Å². The predicted octanol–water partition coefficient (Wildman–Crippen LogP) is 0.478. The maximum Gasteiger partial charge on any atom is 0.245 e. The Morgan fingerprint density at radius 2 is 2.20 bits per heavy atom. The number of hydrogen-bond acceptors (Lipinski definition) is 4. The first kappa shape index (κ1) is 12.3. The van der Waals surface area contributed by atoms with E-state index in [2.05, 4.69) is 20.7 Å². The van der Waals surface area contributed by atoms with Crippen LogP contribution in [0.25, 0.3) is 0 Å². The SMILES string of the molecule is O=C1C[C@@H](C(=O)NCc2ccccc2)n2ncnc2N1. The van der Waals surface area contributed by atoms with Crippen LogP contribution >= 0.6 is 0 Å². The largest absolute Gasteiger partial charge is 0.350 e. The summed E-state index contributed by atoms with van der Waals surface area (Å²) in [6, 6.07) is 8.93. The van der Waals surface area contributed by atoms with E-state index in [9.17, 15) is 9.59 Å². The normalized spacial score (nSPS) is 17.2. The molecule has 0 fully saturated rings. The molecule has 2 aromatic rings. The highest BCUT2D eigenvalue weighted by Gasteiger charge is 2.31. The Bertz CT molecular complexity index is 637. The van der Waals surface area contributed by atoms with Crippen LogP contribution in [0, 0.1) is 0 Å². The number of carbonyl (C=O) groups excluding carboxylic acids is 2. The van der Waals surface area contributed by atoms with Crippen molar-refractivity contribution in [3.63, 3.8) is 0 Å². The van der Waals surface area contributed by atoms with E-state index in [1.54, 1.807) is 0 Å². The number of carbonyl (C=O) groups is 2. The first-order chi connectivity index (χ1) is 9.74. The maximum atomic E-state index is 12.2. The Labute approximate surface area is 115 Å². The van der Waals surface area contributed by atoms with E-state index in [4.69, 9.17) is 0 Å². The number of nitrogens with one attached hydrogen (secondary N) is 2. The monoisotopic (exact) mass is 271 g/mol. The van der Waals surface area contributed by atoms with Crippen molar-refractivity contribution in [1.82, 2.24) is 20.1 Å². The van der Waals surface area contributed by atoms with Gasteiger partial charge in [0.15, 0.2) is 0 Å². The molecule has 0 spiro atoms.